The van der Waals surface area contributed by atoms with E-state index in [0.29, 0.717) is 17.7 Å². The van der Waals surface area contributed by atoms with Gasteiger partial charge in [-0.1, -0.05) is 54.6 Å². The van der Waals surface area contributed by atoms with Gasteiger partial charge in [-0.2, -0.15) is 0 Å². The highest BCUT2D eigenvalue weighted by molar-refractivity contribution is 7.97. The van der Waals surface area contributed by atoms with Gasteiger partial charge in [-0.15, -0.1) is 0 Å². The maximum atomic E-state index is 13.6. The highest BCUT2D eigenvalue weighted by atomic mass is 32.2. The van der Waals surface area contributed by atoms with Gasteiger partial charge >= 0.3 is 0 Å². The molecule has 7 heteroatoms. The smallest absolute Gasteiger partial charge is 0.251 e. The second-order valence-electron chi connectivity index (χ2n) is 10.0. The Balaban J connectivity index is 1.60. The van der Waals surface area contributed by atoms with Crippen LogP contribution in [0.4, 0.5) is 5.69 Å². The van der Waals surface area contributed by atoms with Crippen molar-refractivity contribution in [3.63, 3.8) is 0 Å². The number of anilines is 1. The molecule has 0 saturated carbocycles. The molecule has 6 nitrogen and oxygen atoms in total. The normalized spacial score (nSPS) is 12.1. The lowest BCUT2D eigenvalue weighted by Gasteiger charge is -2.21. The fourth-order valence-corrected chi connectivity index (χ4v) is 4.80. The number of nitrogens with one attached hydrogen (secondary N) is 3. The van der Waals surface area contributed by atoms with Gasteiger partial charge in [-0.3, -0.25) is 14.3 Å². The first-order valence-corrected chi connectivity index (χ1v) is 13.3. The average molecular weight is 528 g/mol. The summed E-state index contributed by atoms with van der Waals surface area (Å²) in [5.41, 5.74) is 2.05. The molecule has 0 aliphatic heterocycles. The van der Waals surface area contributed by atoms with Crippen LogP contribution in [0.5, 0.6) is 5.75 Å². The van der Waals surface area contributed by atoms with Gasteiger partial charge < -0.3 is 15.4 Å². The second-order valence-corrected chi connectivity index (χ2v) is 10.9. The molecule has 0 heterocycles. The minimum Gasteiger partial charge on any atom is -0.497 e. The Morgan fingerprint density at radius 1 is 0.842 bits per heavy atom. The van der Waals surface area contributed by atoms with Crippen LogP contribution < -0.4 is 20.1 Å². The van der Waals surface area contributed by atoms with Crippen LogP contribution in [0.25, 0.3) is 10.8 Å². The fourth-order valence-electron chi connectivity index (χ4n) is 3.94. The highest BCUT2D eigenvalue weighted by Crippen LogP contribution is 2.32. The van der Waals surface area contributed by atoms with E-state index < -0.39 is 6.04 Å². The molecule has 196 valence electrons. The minimum atomic E-state index is -0.786. The minimum absolute atomic E-state index is 0.0513. The fraction of sp³-hybridized carbons (Fsp3) is 0.226. The van der Waals surface area contributed by atoms with E-state index in [2.05, 4.69) is 42.2 Å². The Bertz CT molecular complexity index is 1400. The molecule has 0 bridgehead atoms. The Labute approximate surface area is 228 Å². The molecule has 0 aromatic heterocycles. The molecule has 38 heavy (non-hydrogen) atoms. The highest BCUT2D eigenvalue weighted by Gasteiger charge is 2.23. The third kappa shape index (κ3) is 7.15. The number of ether oxygens (including phenoxy) is 1. The molecule has 0 aliphatic rings. The van der Waals surface area contributed by atoms with E-state index in [9.17, 15) is 9.59 Å². The molecule has 2 amide bonds. The molecule has 1 atom stereocenters. The van der Waals surface area contributed by atoms with Crippen LogP contribution in [0.3, 0.4) is 0 Å². The van der Waals surface area contributed by atoms with Crippen molar-refractivity contribution in [2.24, 2.45) is 0 Å². The zero-order valence-electron chi connectivity index (χ0n) is 22.1. The topological polar surface area (TPSA) is 79.5 Å². The molecule has 0 saturated heterocycles. The predicted molar refractivity (Wildman–Crippen MR) is 156 cm³/mol. The molecule has 0 spiro atoms. The molecule has 0 radical (unpaired) electrons. The number of methoxy groups -OCH3 is 1. The van der Waals surface area contributed by atoms with Crippen LogP contribution in [0, 0.1) is 0 Å². The molecule has 0 aliphatic carbocycles. The van der Waals surface area contributed by atoms with Gasteiger partial charge in [-0.05, 0) is 80.1 Å². The summed E-state index contributed by atoms with van der Waals surface area (Å²) in [5.74, 6) is 0.140. The SMILES string of the molecule is COc1ccc(C[C@H](NC(=O)c2ccccc2)C(=O)Nc2cccc3c(SNC(C)(C)C)cccc23)cc1. The van der Waals surface area contributed by atoms with Crippen LogP contribution in [0.2, 0.25) is 0 Å². The third-order valence-electron chi connectivity index (χ3n) is 5.86. The van der Waals surface area contributed by atoms with Crippen molar-refractivity contribution in [1.82, 2.24) is 10.0 Å². The van der Waals surface area contributed by atoms with E-state index in [-0.39, 0.29) is 17.4 Å². The monoisotopic (exact) mass is 527 g/mol. The predicted octanol–water partition coefficient (Wildman–Crippen LogP) is 6.22. The third-order valence-corrected chi connectivity index (χ3v) is 7.15. The lowest BCUT2D eigenvalue weighted by atomic mass is 10.0. The van der Waals surface area contributed by atoms with Crippen molar-refractivity contribution in [1.29, 1.82) is 0 Å². The van der Waals surface area contributed by atoms with Crippen molar-refractivity contribution in [3.05, 3.63) is 102 Å². The molecule has 4 rings (SSSR count). The summed E-state index contributed by atoms with van der Waals surface area (Å²) < 4.78 is 8.71. The van der Waals surface area contributed by atoms with Gasteiger partial charge in [0.2, 0.25) is 5.91 Å². The van der Waals surface area contributed by atoms with Crippen molar-refractivity contribution in [3.8, 4) is 5.75 Å². The van der Waals surface area contributed by atoms with Crippen molar-refractivity contribution < 1.29 is 14.3 Å². The van der Waals surface area contributed by atoms with Gasteiger partial charge in [0.25, 0.3) is 5.91 Å². The van der Waals surface area contributed by atoms with Crippen molar-refractivity contribution >= 4 is 40.2 Å². The summed E-state index contributed by atoms with van der Waals surface area (Å²) in [4.78, 5) is 27.7. The molecular weight excluding hydrogens is 494 g/mol. The summed E-state index contributed by atoms with van der Waals surface area (Å²) in [6, 6.07) is 27.5. The van der Waals surface area contributed by atoms with E-state index >= 15 is 0 Å². The van der Waals surface area contributed by atoms with Crippen molar-refractivity contribution in [2.75, 3.05) is 12.4 Å². The van der Waals surface area contributed by atoms with E-state index in [4.69, 9.17) is 4.74 Å². The number of amides is 2. The van der Waals surface area contributed by atoms with E-state index in [1.165, 1.54) is 0 Å². The summed E-state index contributed by atoms with van der Waals surface area (Å²) >= 11 is 1.57. The van der Waals surface area contributed by atoms with Crippen LogP contribution in [0.1, 0.15) is 36.7 Å². The Morgan fingerprint density at radius 2 is 1.53 bits per heavy atom. The summed E-state index contributed by atoms with van der Waals surface area (Å²) in [5, 5.41) is 7.97. The second kappa shape index (κ2) is 12.2. The number of rotatable bonds is 9. The van der Waals surface area contributed by atoms with Gasteiger partial charge in [0.1, 0.15) is 11.8 Å². The van der Waals surface area contributed by atoms with Gasteiger partial charge in [0, 0.05) is 33.5 Å². The quantitative estimate of drug-likeness (QED) is 0.225. The number of fused-ring (bicyclic) bond motifs is 1. The van der Waals surface area contributed by atoms with Crippen LogP contribution in [0.15, 0.2) is 95.9 Å². The van der Waals surface area contributed by atoms with Crippen molar-refractivity contribution in [2.45, 2.75) is 43.7 Å². The first kappa shape index (κ1) is 27.2. The largest absolute Gasteiger partial charge is 0.497 e. The van der Waals surface area contributed by atoms with Gasteiger partial charge in [-0.25, -0.2) is 0 Å². The van der Waals surface area contributed by atoms with Crippen LogP contribution >= 0.6 is 11.9 Å². The average Bonchev–Trinajstić information content (AvgIpc) is 2.92. The van der Waals surface area contributed by atoms with Crippen LogP contribution in [-0.2, 0) is 11.2 Å². The lowest BCUT2D eigenvalue weighted by Crippen LogP contribution is -2.45. The molecule has 3 N–H and O–H groups in total. The summed E-state index contributed by atoms with van der Waals surface area (Å²) in [7, 11) is 1.61. The molecular formula is C31H33N3O3S. The standard InChI is InChI=1S/C31H33N3O3S/c1-31(2,3)34-38-28-15-9-12-24-25(28)13-8-14-26(24)32-30(36)27(20-21-16-18-23(37-4)19-17-21)33-29(35)22-10-6-5-7-11-22/h5-19,27,34H,20H2,1-4H3,(H,32,36)(H,33,35)/t27-/m0/s1. The van der Waals surface area contributed by atoms with E-state index in [1.807, 2.05) is 60.7 Å². The number of benzene rings is 4. The maximum absolute atomic E-state index is 13.6. The van der Waals surface area contributed by atoms with Gasteiger partial charge in [0.15, 0.2) is 0 Å². The number of hydrogen-bond donors (Lipinski definition) is 3. The van der Waals surface area contributed by atoms with E-state index in [0.717, 1.165) is 27.0 Å². The zero-order chi connectivity index (χ0) is 27.1. The molecule has 0 fully saturated rings. The Morgan fingerprint density at radius 3 is 2.21 bits per heavy atom. The Kier molecular flexibility index (Phi) is 8.71. The lowest BCUT2D eigenvalue weighted by molar-refractivity contribution is -0.118. The Hall–Kier alpha value is -3.81. The number of carbonyl (C=O) groups excluding carboxylic acids is 2. The van der Waals surface area contributed by atoms with E-state index in [1.54, 1.807) is 43.3 Å². The summed E-state index contributed by atoms with van der Waals surface area (Å²) in [6.45, 7) is 6.34. The molecule has 4 aromatic carbocycles. The zero-order valence-corrected chi connectivity index (χ0v) is 22.9. The number of hydrogen-bond acceptors (Lipinski definition) is 5. The number of carbonyl (C=O) groups is 2. The van der Waals surface area contributed by atoms with Gasteiger partial charge in [0.05, 0.1) is 7.11 Å². The first-order chi connectivity index (χ1) is 18.2. The maximum Gasteiger partial charge on any atom is 0.251 e. The van der Waals surface area contributed by atoms with Crippen LogP contribution in [-0.4, -0.2) is 30.5 Å². The molecule has 0 unspecified atom stereocenters. The first-order valence-electron chi connectivity index (χ1n) is 12.5. The molecule has 4 aromatic rings. The summed E-state index contributed by atoms with van der Waals surface area (Å²) in [6.07, 6.45) is 0.329.